The molecule has 2 aromatic carbocycles. The van der Waals surface area contributed by atoms with E-state index in [-0.39, 0.29) is 18.1 Å². The van der Waals surface area contributed by atoms with E-state index < -0.39 is 10.0 Å². The molecule has 1 aliphatic heterocycles. The van der Waals surface area contributed by atoms with Gasteiger partial charge in [0, 0.05) is 18.7 Å². The number of carbonyl (C=O) groups is 1. The lowest BCUT2D eigenvalue weighted by molar-refractivity contribution is -0.115. The molecule has 1 N–H and O–H groups in total. The van der Waals surface area contributed by atoms with E-state index in [4.69, 9.17) is 0 Å². The summed E-state index contributed by atoms with van der Waals surface area (Å²) in [5.41, 5.74) is 3.56. The maximum atomic E-state index is 12.7. The number of benzene rings is 2. The Hall–Kier alpha value is -2.34. The summed E-state index contributed by atoms with van der Waals surface area (Å²) in [5.74, 6) is -0.489. The van der Waals surface area contributed by atoms with E-state index in [2.05, 4.69) is 5.32 Å². The van der Waals surface area contributed by atoms with Crippen molar-refractivity contribution in [3.05, 3.63) is 59.7 Å². The number of fused-ring (bicyclic) bond motifs is 1. The molecule has 5 nitrogen and oxygen atoms in total. The molecular weight excluding hydrogens is 336 g/mol. The largest absolute Gasteiger partial charge is 0.326 e. The molecule has 0 aliphatic carbocycles. The summed E-state index contributed by atoms with van der Waals surface area (Å²) in [5, 5.41) is 2.74. The van der Waals surface area contributed by atoms with Gasteiger partial charge in [-0.25, -0.2) is 8.42 Å². The minimum absolute atomic E-state index is 0.0606. The molecule has 0 radical (unpaired) electrons. The Bertz CT molecular complexity index is 860. The van der Waals surface area contributed by atoms with Gasteiger partial charge in [-0.1, -0.05) is 35.9 Å². The smallest absolute Gasteiger partial charge is 0.235 e. The minimum Gasteiger partial charge on any atom is -0.326 e. The highest BCUT2D eigenvalue weighted by molar-refractivity contribution is 7.92. The molecule has 2 aromatic rings. The van der Waals surface area contributed by atoms with Crippen molar-refractivity contribution in [3.8, 4) is 0 Å². The Balaban J connectivity index is 1.64. The van der Waals surface area contributed by atoms with Crippen molar-refractivity contribution in [1.82, 2.24) is 0 Å². The molecule has 1 amide bonds. The van der Waals surface area contributed by atoms with Gasteiger partial charge in [-0.2, -0.15) is 0 Å². The quantitative estimate of drug-likeness (QED) is 0.893. The van der Waals surface area contributed by atoms with Gasteiger partial charge >= 0.3 is 0 Å². The van der Waals surface area contributed by atoms with Gasteiger partial charge in [-0.15, -0.1) is 0 Å². The average molecular weight is 358 g/mol. The van der Waals surface area contributed by atoms with Crippen LogP contribution in [0.2, 0.25) is 0 Å². The summed E-state index contributed by atoms with van der Waals surface area (Å²) in [7, 11) is -3.52. The molecule has 0 fully saturated rings. The van der Waals surface area contributed by atoms with Crippen LogP contribution in [0.1, 0.15) is 24.0 Å². The molecule has 0 saturated heterocycles. The van der Waals surface area contributed by atoms with Gasteiger partial charge < -0.3 is 5.32 Å². The summed E-state index contributed by atoms with van der Waals surface area (Å²) in [6, 6.07) is 15.0. The van der Waals surface area contributed by atoms with Gasteiger partial charge in [0.2, 0.25) is 15.9 Å². The molecule has 0 atom stereocenters. The molecule has 1 heterocycles. The van der Waals surface area contributed by atoms with E-state index >= 15 is 0 Å². The van der Waals surface area contributed by atoms with Crippen molar-refractivity contribution >= 4 is 27.3 Å². The fourth-order valence-corrected chi connectivity index (χ4v) is 4.53. The highest BCUT2D eigenvalue weighted by Gasteiger charge is 2.27. The minimum atomic E-state index is -3.52. The SMILES string of the molecule is Cc1ccc(NC(=O)CCS(=O)(=O)N2CCCc3ccccc32)cc1. The Labute approximate surface area is 148 Å². The van der Waals surface area contributed by atoms with Crippen LogP contribution in [0.3, 0.4) is 0 Å². The first-order valence-electron chi connectivity index (χ1n) is 8.40. The Morgan fingerprint density at radius 1 is 1.12 bits per heavy atom. The van der Waals surface area contributed by atoms with Gasteiger partial charge in [-0.3, -0.25) is 9.10 Å². The van der Waals surface area contributed by atoms with E-state index in [1.54, 1.807) is 0 Å². The number of amides is 1. The second-order valence-corrected chi connectivity index (χ2v) is 8.30. The number of anilines is 2. The third kappa shape index (κ3) is 4.20. The first kappa shape index (κ1) is 17.5. The van der Waals surface area contributed by atoms with E-state index in [0.29, 0.717) is 12.2 Å². The third-order valence-corrected chi connectivity index (χ3v) is 6.10. The van der Waals surface area contributed by atoms with Crippen LogP contribution in [-0.4, -0.2) is 26.6 Å². The lowest BCUT2D eigenvalue weighted by atomic mass is 10.0. The van der Waals surface area contributed by atoms with Crippen molar-refractivity contribution in [2.45, 2.75) is 26.2 Å². The van der Waals surface area contributed by atoms with Crippen molar-refractivity contribution in [2.24, 2.45) is 0 Å². The average Bonchev–Trinajstić information content (AvgIpc) is 2.61. The number of hydrogen-bond acceptors (Lipinski definition) is 3. The lowest BCUT2D eigenvalue weighted by Gasteiger charge is -2.30. The maximum Gasteiger partial charge on any atom is 0.235 e. The zero-order chi connectivity index (χ0) is 17.9. The summed E-state index contributed by atoms with van der Waals surface area (Å²) in [6.07, 6.45) is 1.62. The van der Waals surface area contributed by atoms with Gasteiger partial charge in [-0.05, 0) is 43.5 Å². The maximum absolute atomic E-state index is 12.7. The van der Waals surface area contributed by atoms with E-state index in [1.807, 2.05) is 55.5 Å². The zero-order valence-corrected chi connectivity index (χ0v) is 15.1. The molecular formula is C19H22N2O3S. The lowest BCUT2D eigenvalue weighted by Crippen LogP contribution is -2.37. The number of nitrogens with zero attached hydrogens (tertiary/aromatic N) is 1. The number of aryl methyl sites for hydroxylation is 2. The molecule has 0 spiro atoms. The number of nitrogens with one attached hydrogen (secondary N) is 1. The molecule has 25 heavy (non-hydrogen) atoms. The van der Waals surface area contributed by atoms with Crippen LogP contribution in [0.4, 0.5) is 11.4 Å². The van der Waals surface area contributed by atoms with Gasteiger partial charge in [0.1, 0.15) is 0 Å². The number of rotatable bonds is 5. The molecule has 132 valence electrons. The highest BCUT2D eigenvalue weighted by Crippen LogP contribution is 2.29. The molecule has 0 saturated carbocycles. The predicted octanol–water partition coefficient (Wildman–Crippen LogP) is 3.11. The Kier molecular flexibility index (Phi) is 5.08. The van der Waals surface area contributed by atoms with Gasteiger partial charge in [0.05, 0.1) is 11.4 Å². The van der Waals surface area contributed by atoms with Crippen LogP contribution in [0.15, 0.2) is 48.5 Å². The normalized spacial score (nSPS) is 14.0. The molecule has 1 aliphatic rings. The Morgan fingerprint density at radius 3 is 2.60 bits per heavy atom. The van der Waals surface area contributed by atoms with Crippen molar-refractivity contribution < 1.29 is 13.2 Å². The fraction of sp³-hybridized carbons (Fsp3) is 0.316. The summed E-state index contributed by atoms with van der Waals surface area (Å²) < 4.78 is 26.8. The summed E-state index contributed by atoms with van der Waals surface area (Å²) in [6.45, 7) is 2.44. The summed E-state index contributed by atoms with van der Waals surface area (Å²) >= 11 is 0. The molecule has 3 rings (SSSR count). The van der Waals surface area contributed by atoms with Crippen LogP contribution < -0.4 is 9.62 Å². The molecule has 0 bridgehead atoms. The number of carbonyl (C=O) groups excluding carboxylic acids is 1. The molecule has 0 aromatic heterocycles. The van der Waals surface area contributed by atoms with Crippen LogP contribution >= 0.6 is 0 Å². The van der Waals surface area contributed by atoms with E-state index in [1.165, 1.54) is 4.31 Å². The topological polar surface area (TPSA) is 66.5 Å². The van der Waals surface area contributed by atoms with Crippen molar-refractivity contribution in [2.75, 3.05) is 21.9 Å². The monoisotopic (exact) mass is 358 g/mol. The van der Waals surface area contributed by atoms with Crippen LogP contribution in [0, 0.1) is 6.92 Å². The Morgan fingerprint density at radius 2 is 1.84 bits per heavy atom. The first-order valence-corrected chi connectivity index (χ1v) is 10.0. The van der Waals surface area contributed by atoms with Crippen LogP contribution in [-0.2, 0) is 21.2 Å². The predicted molar refractivity (Wildman–Crippen MR) is 100 cm³/mol. The van der Waals surface area contributed by atoms with Crippen LogP contribution in [0.5, 0.6) is 0 Å². The second-order valence-electron chi connectivity index (χ2n) is 6.28. The zero-order valence-electron chi connectivity index (χ0n) is 14.2. The van der Waals surface area contributed by atoms with Crippen molar-refractivity contribution in [1.29, 1.82) is 0 Å². The highest BCUT2D eigenvalue weighted by atomic mass is 32.2. The third-order valence-electron chi connectivity index (χ3n) is 4.33. The van der Waals surface area contributed by atoms with Gasteiger partial charge in [0.15, 0.2) is 0 Å². The fourth-order valence-electron chi connectivity index (χ4n) is 2.98. The standard InChI is InChI=1S/C19H22N2O3S/c1-15-8-10-17(11-9-15)20-19(22)12-14-25(23,24)21-13-4-6-16-5-2-3-7-18(16)21/h2-3,5,7-11H,4,6,12-14H2,1H3,(H,20,22). The van der Waals surface area contributed by atoms with Crippen LogP contribution in [0.25, 0.3) is 0 Å². The number of sulfonamides is 1. The van der Waals surface area contributed by atoms with Gasteiger partial charge in [0.25, 0.3) is 0 Å². The summed E-state index contributed by atoms with van der Waals surface area (Å²) in [4.78, 5) is 12.1. The van der Waals surface area contributed by atoms with Crippen molar-refractivity contribution in [3.63, 3.8) is 0 Å². The molecule has 6 heteroatoms. The van der Waals surface area contributed by atoms with E-state index in [0.717, 1.165) is 29.7 Å². The first-order chi connectivity index (χ1) is 12.0. The molecule has 0 unspecified atom stereocenters. The number of para-hydroxylation sites is 1. The number of hydrogen-bond donors (Lipinski definition) is 1. The van der Waals surface area contributed by atoms with E-state index in [9.17, 15) is 13.2 Å². The second kappa shape index (κ2) is 7.27.